The Morgan fingerprint density at radius 2 is 2.08 bits per heavy atom. The molecule has 7 heteroatoms. The average Bonchev–Trinajstić information content (AvgIpc) is 3.15. The van der Waals surface area contributed by atoms with E-state index in [9.17, 15) is 15.0 Å². The van der Waals surface area contributed by atoms with Gasteiger partial charge in [-0.3, -0.25) is 9.89 Å². The number of nitrogens with zero attached hydrogens (tertiary/aromatic N) is 1. The molecule has 1 aliphatic rings. The molecule has 1 aromatic carbocycles. The normalized spacial score (nSPS) is 16.3. The average molecular weight is 359 g/mol. The van der Waals surface area contributed by atoms with E-state index in [2.05, 4.69) is 15.5 Å². The molecule has 3 rings (SSSR count). The highest BCUT2D eigenvalue weighted by molar-refractivity contribution is 5.93. The van der Waals surface area contributed by atoms with Gasteiger partial charge in [0.2, 0.25) is 0 Å². The van der Waals surface area contributed by atoms with Gasteiger partial charge < -0.3 is 20.3 Å². The van der Waals surface area contributed by atoms with E-state index in [1.165, 1.54) is 19.3 Å². The third kappa shape index (κ3) is 4.83. The van der Waals surface area contributed by atoms with Gasteiger partial charge in [0, 0.05) is 12.1 Å². The van der Waals surface area contributed by atoms with Crippen LogP contribution in [0.15, 0.2) is 30.3 Å². The second-order valence-corrected chi connectivity index (χ2v) is 6.64. The summed E-state index contributed by atoms with van der Waals surface area (Å²) >= 11 is 0. The molecular formula is C19H25N3O4. The van der Waals surface area contributed by atoms with Crippen LogP contribution in [0.25, 0.3) is 11.3 Å². The number of benzene rings is 1. The lowest BCUT2D eigenvalue weighted by Crippen LogP contribution is -2.36. The molecule has 0 spiro atoms. The molecule has 26 heavy (non-hydrogen) atoms. The molecule has 140 valence electrons. The van der Waals surface area contributed by atoms with Crippen molar-refractivity contribution in [2.45, 2.75) is 44.3 Å². The van der Waals surface area contributed by atoms with Crippen LogP contribution in [0.2, 0.25) is 0 Å². The molecule has 1 saturated carbocycles. The van der Waals surface area contributed by atoms with E-state index in [-0.39, 0.29) is 36.6 Å². The van der Waals surface area contributed by atoms with Crippen LogP contribution < -0.4 is 5.32 Å². The molecule has 0 radical (unpaired) electrons. The number of ether oxygens (including phenoxy) is 1. The van der Waals surface area contributed by atoms with E-state index in [4.69, 9.17) is 4.74 Å². The molecule has 0 saturated heterocycles. The zero-order valence-electron chi connectivity index (χ0n) is 14.6. The maximum atomic E-state index is 12.2. The molecule has 7 nitrogen and oxygen atoms in total. The summed E-state index contributed by atoms with van der Waals surface area (Å²) < 4.78 is 5.71. The van der Waals surface area contributed by atoms with Crippen molar-refractivity contribution in [3.8, 4) is 17.0 Å². The van der Waals surface area contributed by atoms with E-state index in [1.54, 1.807) is 30.3 Å². The van der Waals surface area contributed by atoms with Crippen molar-refractivity contribution < 1.29 is 19.7 Å². The molecule has 1 fully saturated rings. The number of rotatable bonds is 7. The second kappa shape index (κ2) is 8.82. The SMILES string of the molecule is O=C(NC[C@@H](O)COC1CCCCC1)c1cc(-c2ccccc2O)n[nH]1. The van der Waals surface area contributed by atoms with Gasteiger partial charge in [-0.25, -0.2) is 0 Å². The van der Waals surface area contributed by atoms with Crippen LogP contribution in [-0.4, -0.2) is 51.7 Å². The number of aliphatic hydroxyl groups is 1. The third-order valence-corrected chi connectivity index (χ3v) is 4.58. The lowest BCUT2D eigenvalue weighted by Gasteiger charge is -2.23. The standard InChI is InChI=1S/C19H25N3O4/c23-13(12-26-14-6-2-1-3-7-14)11-20-19(25)17-10-16(21-22-17)15-8-4-5-9-18(15)24/h4-5,8-10,13-14,23-24H,1-3,6-7,11-12H2,(H,20,25)(H,21,22)/t13-/m1/s1. The molecular weight excluding hydrogens is 334 g/mol. The fraction of sp³-hybridized carbons (Fsp3) is 0.474. The first-order chi connectivity index (χ1) is 12.6. The van der Waals surface area contributed by atoms with Gasteiger partial charge in [-0.15, -0.1) is 0 Å². The number of H-pyrrole nitrogens is 1. The number of aromatic amines is 1. The fourth-order valence-corrected chi connectivity index (χ4v) is 3.11. The number of aromatic nitrogens is 2. The molecule has 0 bridgehead atoms. The van der Waals surface area contributed by atoms with Gasteiger partial charge in [0.05, 0.1) is 24.5 Å². The summed E-state index contributed by atoms with van der Waals surface area (Å²) in [6.45, 7) is 0.327. The molecule has 1 aromatic heterocycles. The van der Waals surface area contributed by atoms with Gasteiger partial charge >= 0.3 is 0 Å². The lowest BCUT2D eigenvalue weighted by atomic mass is 9.98. The number of aliphatic hydroxyl groups excluding tert-OH is 1. The number of hydrogen-bond donors (Lipinski definition) is 4. The van der Waals surface area contributed by atoms with Crippen LogP contribution in [0.1, 0.15) is 42.6 Å². The Bertz CT molecular complexity index is 725. The molecule has 1 atom stereocenters. The van der Waals surface area contributed by atoms with Crippen molar-refractivity contribution in [1.29, 1.82) is 0 Å². The summed E-state index contributed by atoms with van der Waals surface area (Å²) in [6.07, 6.45) is 5.17. The number of phenols is 1. The van der Waals surface area contributed by atoms with Gasteiger partial charge in [-0.1, -0.05) is 31.4 Å². The van der Waals surface area contributed by atoms with Crippen molar-refractivity contribution in [3.63, 3.8) is 0 Å². The van der Waals surface area contributed by atoms with Crippen LogP contribution >= 0.6 is 0 Å². The summed E-state index contributed by atoms with van der Waals surface area (Å²) in [5.74, 6) is -0.267. The van der Waals surface area contributed by atoms with Crippen LogP contribution in [0.5, 0.6) is 5.75 Å². The summed E-state index contributed by atoms with van der Waals surface area (Å²) in [5, 5.41) is 29.2. The van der Waals surface area contributed by atoms with Gasteiger partial charge in [-0.2, -0.15) is 5.10 Å². The quantitative estimate of drug-likeness (QED) is 0.606. The highest BCUT2D eigenvalue weighted by Gasteiger charge is 2.17. The number of carbonyl (C=O) groups is 1. The number of carbonyl (C=O) groups excluding carboxylic acids is 1. The lowest BCUT2D eigenvalue weighted by molar-refractivity contribution is -0.0225. The van der Waals surface area contributed by atoms with Crippen LogP contribution in [0.4, 0.5) is 0 Å². The molecule has 0 aliphatic heterocycles. The minimum Gasteiger partial charge on any atom is -0.507 e. The summed E-state index contributed by atoms with van der Waals surface area (Å²) in [6, 6.07) is 8.35. The van der Waals surface area contributed by atoms with Gasteiger partial charge in [0.1, 0.15) is 11.4 Å². The summed E-state index contributed by atoms with van der Waals surface area (Å²) in [7, 11) is 0. The minimum absolute atomic E-state index is 0.0984. The van der Waals surface area contributed by atoms with Crippen molar-refractivity contribution in [1.82, 2.24) is 15.5 Å². The van der Waals surface area contributed by atoms with Crippen molar-refractivity contribution in [2.75, 3.05) is 13.2 Å². The smallest absolute Gasteiger partial charge is 0.269 e. The Morgan fingerprint density at radius 3 is 2.85 bits per heavy atom. The Morgan fingerprint density at radius 1 is 1.31 bits per heavy atom. The maximum Gasteiger partial charge on any atom is 0.269 e. The first-order valence-electron chi connectivity index (χ1n) is 9.05. The predicted octanol–water partition coefficient (Wildman–Crippen LogP) is 2.22. The van der Waals surface area contributed by atoms with E-state index < -0.39 is 6.10 Å². The predicted molar refractivity (Wildman–Crippen MR) is 96.9 cm³/mol. The number of para-hydroxylation sites is 1. The van der Waals surface area contributed by atoms with Crippen LogP contribution in [0.3, 0.4) is 0 Å². The largest absolute Gasteiger partial charge is 0.507 e. The first-order valence-corrected chi connectivity index (χ1v) is 9.05. The van der Waals surface area contributed by atoms with Gasteiger partial charge in [0.15, 0.2) is 0 Å². The highest BCUT2D eigenvalue weighted by Crippen LogP contribution is 2.27. The molecule has 0 unspecified atom stereocenters. The Kier molecular flexibility index (Phi) is 6.25. The Balaban J connectivity index is 1.47. The van der Waals surface area contributed by atoms with Crippen LogP contribution in [0, 0.1) is 0 Å². The monoisotopic (exact) mass is 359 g/mol. The summed E-state index contributed by atoms with van der Waals surface area (Å²) in [4.78, 5) is 12.2. The number of aromatic hydroxyl groups is 1. The zero-order chi connectivity index (χ0) is 18.4. The minimum atomic E-state index is -0.749. The van der Waals surface area contributed by atoms with Crippen molar-refractivity contribution in [3.05, 3.63) is 36.0 Å². The van der Waals surface area contributed by atoms with Gasteiger partial charge in [-0.05, 0) is 31.0 Å². The molecule has 4 N–H and O–H groups in total. The first kappa shape index (κ1) is 18.4. The van der Waals surface area contributed by atoms with E-state index in [0.29, 0.717) is 11.3 Å². The molecule has 1 amide bonds. The topological polar surface area (TPSA) is 107 Å². The third-order valence-electron chi connectivity index (χ3n) is 4.58. The molecule has 1 heterocycles. The second-order valence-electron chi connectivity index (χ2n) is 6.64. The van der Waals surface area contributed by atoms with Crippen LogP contribution in [-0.2, 0) is 4.74 Å². The zero-order valence-corrected chi connectivity index (χ0v) is 14.6. The molecule has 1 aliphatic carbocycles. The Hall–Kier alpha value is -2.38. The van der Waals surface area contributed by atoms with Crippen molar-refractivity contribution >= 4 is 5.91 Å². The van der Waals surface area contributed by atoms with E-state index >= 15 is 0 Å². The molecule has 2 aromatic rings. The number of phenolic OH excluding ortho intramolecular Hbond substituents is 1. The maximum absolute atomic E-state index is 12.2. The van der Waals surface area contributed by atoms with Gasteiger partial charge in [0.25, 0.3) is 5.91 Å². The number of amides is 1. The number of hydrogen-bond acceptors (Lipinski definition) is 5. The Labute approximate surface area is 152 Å². The van der Waals surface area contributed by atoms with Crippen molar-refractivity contribution in [2.24, 2.45) is 0 Å². The number of nitrogens with one attached hydrogen (secondary N) is 2. The summed E-state index contributed by atoms with van der Waals surface area (Å²) in [5.41, 5.74) is 1.29. The fourth-order valence-electron chi connectivity index (χ4n) is 3.11. The van der Waals surface area contributed by atoms with E-state index in [0.717, 1.165) is 12.8 Å². The highest BCUT2D eigenvalue weighted by atomic mass is 16.5. The van der Waals surface area contributed by atoms with E-state index in [1.807, 2.05) is 0 Å².